The average molecular weight is 395 g/mol. The van der Waals surface area contributed by atoms with Crippen molar-refractivity contribution < 1.29 is 13.6 Å². The number of carbonyl (C=O) groups excluding carboxylic acids is 1. The molecular weight excluding hydrogens is 369 g/mol. The van der Waals surface area contributed by atoms with Gasteiger partial charge < -0.3 is 14.3 Å². The average Bonchev–Trinajstić information content (AvgIpc) is 3.38. The van der Waals surface area contributed by atoms with Crippen LogP contribution < -0.4 is 5.32 Å². The Hall–Kier alpha value is -2.86. The normalized spacial score (nSPS) is 17.7. The zero-order valence-electron chi connectivity index (χ0n) is 16.8. The highest BCUT2D eigenvalue weighted by molar-refractivity contribution is 5.91. The van der Waals surface area contributed by atoms with E-state index in [0.717, 1.165) is 25.2 Å². The van der Waals surface area contributed by atoms with Gasteiger partial charge in [-0.15, -0.1) is 0 Å². The maximum absolute atomic E-state index is 14.6. The Kier molecular flexibility index (Phi) is 5.53. The van der Waals surface area contributed by atoms with Gasteiger partial charge in [-0.1, -0.05) is 25.1 Å². The van der Waals surface area contributed by atoms with Crippen LogP contribution in [0.3, 0.4) is 0 Å². The molecule has 3 aromatic rings. The molecule has 0 saturated carbocycles. The zero-order valence-corrected chi connectivity index (χ0v) is 16.8. The lowest BCUT2D eigenvalue weighted by atomic mass is 9.99. The summed E-state index contributed by atoms with van der Waals surface area (Å²) in [5.41, 5.74) is 1.70. The minimum atomic E-state index is -0.217. The van der Waals surface area contributed by atoms with E-state index in [0.29, 0.717) is 23.6 Å². The van der Waals surface area contributed by atoms with Crippen molar-refractivity contribution >= 4 is 5.91 Å². The third-order valence-electron chi connectivity index (χ3n) is 5.57. The van der Waals surface area contributed by atoms with E-state index in [-0.39, 0.29) is 23.8 Å². The summed E-state index contributed by atoms with van der Waals surface area (Å²) in [6, 6.07) is 14.4. The molecule has 1 aliphatic rings. The van der Waals surface area contributed by atoms with Crippen molar-refractivity contribution in [2.45, 2.75) is 45.4 Å². The van der Waals surface area contributed by atoms with Gasteiger partial charge in [-0.25, -0.2) is 4.39 Å². The number of halogens is 1. The SMILES string of the molecule is CCC(C)NC(=O)c1ccc(CN2CCn3cccc3C2c2ccccc2F)o1. The molecule has 0 saturated heterocycles. The molecule has 0 radical (unpaired) electrons. The van der Waals surface area contributed by atoms with Gasteiger partial charge in [0, 0.05) is 36.6 Å². The van der Waals surface area contributed by atoms with Crippen molar-refractivity contribution in [2.75, 3.05) is 6.54 Å². The standard InChI is InChI=1S/C23H26FN3O2/c1-3-16(2)25-23(28)21-11-10-17(29-21)15-27-14-13-26-12-6-9-20(26)22(27)18-7-4-5-8-19(18)24/h4-12,16,22H,3,13-15H2,1-2H3,(H,25,28). The highest BCUT2D eigenvalue weighted by Gasteiger charge is 2.31. The summed E-state index contributed by atoms with van der Waals surface area (Å²) >= 11 is 0. The Bertz CT molecular complexity index is 993. The smallest absolute Gasteiger partial charge is 0.287 e. The summed E-state index contributed by atoms with van der Waals surface area (Å²) in [4.78, 5) is 14.5. The number of nitrogens with zero attached hydrogens (tertiary/aromatic N) is 2. The predicted octanol–water partition coefficient (Wildman–Crippen LogP) is 4.35. The Morgan fingerprint density at radius 3 is 2.83 bits per heavy atom. The second kappa shape index (κ2) is 8.25. The molecule has 2 aromatic heterocycles. The highest BCUT2D eigenvalue weighted by Crippen LogP contribution is 2.34. The molecule has 4 rings (SSSR count). The number of rotatable bonds is 6. The van der Waals surface area contributed by atoms with Crippen LogP contribution in [-0.2, 0) is 13.1 Å². The molecule has 2 atom stereocenters. The third-order valence-corrected chi connectivity index (χ3v) is 5.57. The Balaban J connectivity index is 1.58. The fraction of sp³-hybridized carbons (Fsp3) is 0.348. The van der Waals surface area contributed by atoms with E-state index in [1.165, 1.54) is 6.07 Å². The highest BCUT2D eigenvalue weighted by atomic mass is 19.1. The van der Waals surface area contributed by atoms with Crippen molar-refractivity contribution in [1.82, 2.24) is 14.8 Å². The molecule has 1 amide bonds. The van der Waals surface area contributed by atoms with Gasteiger partial charge in [0.15, 0.2) is 5.76 Å². The van der Waals surface area contributed by atoms with Crippen LogP contribution in [0.5, 0.6) is 0 Å². The number of amides is 1. The van der Waals surface area contributed by atoms with Crippen LogP contribution in [0.2, 0.25) is 0 Å². The molecule has 0 aliphatic carbocycles. The van der Waals surface area contributed by atoms with Crippen molar-refractivity contribution in [3.63, 3.8) is 0 Å². The second-order valence-electron chi connectivity index (χ2n) is 7.57. The van der Waals surface area contributed by atoms with E-state index in [4.69, 9.17) is 4.42 Å². The molecule has 152 valence electrons. The second-order valence-corrected chi connectivity index (χ2v) is 7.57. The molecule has 5 nitrogen and oxygen atoms in total. The molecule has 6 heteroatoms. The predicted molar refractivity (Wildman–Crippen MR) is 109 cm³/mol. The number of hydrogen-bond acceptors (Lipinski definition) is 3. The molecule has 1 N–H and O–H groups in total. The number of fused-ring (bicyclic) bond motifs is 1. The van der Waals surface area contributed by atoms with Gasteiger partial charge in [0.2, 0.25) is 0 Å². The van der Waals surface area contributed by atoms with E-state index in [1.807, 2.05) is 50.4 Å². The van der Waals surface area contributed by atoms with Crippen molar-refractivity contribution in [1.29, 1.82) is 0 Å². The van der Waals surface area contributed by atoms with Crippen LogP contribution in [0, 0.1) is 5.82 Å². The lowest BCUT2D eigenvalue weighted by Gasteiger charge is -2.37. The van der Waals surface area contributed by atoms with Gasteiger partial charge in [0.1, 0.15) is 11.6 Å². The number of furan rings is 1. The number of carbonyl (C=O) groups is 1. The fourth-order valence-electron chi connectivity index (χ4n) is 3.84. The third kappa shape index (κ3) is 3.98. The maximum Gasteiger partial charge on any atom is 0.287 e. The fourth-order valence-corrected chi connectivity index (χ4v) is 3.84. The maximum atomic E-state index is 14.6. The van der Waals surface area contributed by atoms with Gasteiger partial charge in [-0.3, -0.25) is 9.69 Å². The number of aromatic nitrogens is 1. The van der Waals surface area contributed by atoms with Gasteiger partial charge >= 0.3 is 0 Å². The van der Waals surface area contributed by atoms with Crippen molar-refractivity contribution in [3.05, 3.63) is 83.3 Å². The molecule has 1 aromatic carbocycles. The van der Waals surface area contributed by atoms with E-state index >= 15 is 0 Å². The van der Waals surface area contributed by atoms with Crippen LogP contribution in [-0.4, -0.2) is 28.0 Å². The zero-order chi connectivity index (χ0) is 20.4. The Labute approximate surface area is 170 Å². The minimum absolute atomic E-state index is 0.0939. The molecule has 1 aliphatic heterocycles. The summed E-state index contributed by atoms with van der Waals surface area (Å²) in [5, 5.41) is 2.92. The summed E-state index contributed by atoms with van der Waals surface area (Å²) in [6.07, 6.45) is 2.89. The quantitative estimate of drug-likeness (QED) is 0.675. The first kappa shape index (κ1) is 19.5. The summed E-state index contributed by atoms with van der Waals surface area (Å²) in [7, 11) is 0. The first-order valence-corrected chi connectivity index (χ1v) is 10.1. The lowest BCUT2D eigenvalue weighted by Crippen LogP contribution is -2.38. The first-order valence-electron chi connectivity index (χ1n) is 10.1. The number of hydrogen-bond donors (Lipinski definition) is 1. The van der Waals surface area contributed by atoms with E-state index in [9.17, 15) is 9.18 Å². The van der Waals surface area contributed by atoms with Crippen LogP contribution in [0.1, 0.15) is 53.9 Å². The van der Waals surface area contributed by atoms with Gasteiger partial charge in [0.05, 0.1) is 12.6 Å². The van der Waals surface area contributed by atoms with Gasteiger partial charge in [-0.2, -0.15) is 0 Å². The summed E-state index contributed by atoms with van der Waals surface area (Å²) < 4.78 is 22.6. The Morgan fingerprint density at radius 2 is 2.03 bits per heavy atom. The van der Waals surface area contributed by atoms with Gasteiger partial charge in [-0.05, 0) is 43.7 Å². The summed E-state index contributed by atoms with van der Waals surface area (Å²) in [6.45, 7) is 6.07. The van der Waals surface area contributed by atoms with Crippen molar-refractivity contribution in [3.8, 4) is 0 Å². The number of nitrogens with one attached hydrogen (secondary N) is 1. The largest absolute Gasteiger partial charge is 0.455 e. The van der Waals surface area contributed by atoms with Crippen molar-refractivity contribution in [2.24, 2.45) is 0 Å². The molecule has 3 heterocycles. The van der Waals surface area contributed by atoms with E-state index < -0.39 is 0 Å². The van der Waals surface area contributed by atoms with E-state index in [2.05, 4.69) is 14.8 Å². The first-order chi connectivity index (χ1) is 14.1. The molecule has 2 unspecified atom stereocenters. The Morgan fingerprint density at radius 1 is 1.21 bits per heavy atom. The topological polar surface area (TPSA) is 50.4 Å². The molecule has 0 bridgehead atoms. The monoisotopic (exact) mass is 395 g/mol. The van der Waals surface area contributed by atoms with Crippen LogP contribution in [0.15, 0.2) is 59.1 Å². The summed E-state index contributed by atoms with van der Waals surface area (Å²) in [5.74, 6) is 0.581. The van der Waals surface area contributed by atoms with E-state index in [1.54, 1.807) is 12.1 Å². The molecule has 0 fully saturated rings. The van der Waals surface area contributed by atoms with Crippen LogP contribution in [0.25, 0.3) is 0 Å². The molecule has 29 heavy (non-hydrogen) atoms. The van der Waals surface area contributed by atoms with Crippen LogP contribution >= 0.6 is 0 Å². The van der Waals surface area contributed by atoms with Gasteiger partial charge in [0.25, 0.3) is 5.91 Å². The molecular formula is C23H26FN3O2. The van der Waals surface area contributed by atoms with Crippen LogP contribution in [0.4, 0.5) is 4.39 Å². The number of benzene rings is 1. The molecule has 0 spiro atoms. The minimum Gasteiger partial charge on any atom is -0.455 e. The lowest BCUT2D eigenvalue weighted by molar-refractivity contribution is 0.0904.